The third-order valence-corrected chi connectivity index (χ3v) is 4.23. The molecule has 3 aromatic rings. The first-order valence-corrected chi connectivity index (χ1v) is 7.09. The van der Waals surface area contributed by atoms with Crippen molar-refractivity contribution in [1.82, 2.24) is 0 Å². The van der Waals surface area contributed by atoms with Crippen LogP contribution < -0.4 is 0 Å². The molecule has 0 heteroatoms. The molecule has 20 heavy (non-hydrogen) atoms. The molecule has 0 radical (unpaired) electrons. The highest BCUT2D eigenvalue weighted by Crippen LogP contribution is 2.42. The number of rotatable bonds is 1. The molecule has 0 spiro atoms. The molecule has 1 aliphatic rings. The van der Waals surface area contributed by atoms with E-state index in [1.54, 1.807) is 0 Å². The Morgan fingerprint density at radius 3 is 2.15 bits per heavy atom. The SMILES string of the molecule is CC1=Cc2cc3ccccc3cc2C1c1ccccc1. The fourth-order valence-electron chi connectivity index (χ4n) is 3.31. The van der Waals surface area contributed by atoms with E-state index in [1.165, 1.54) is 33.0 Å². The van der Waals surface area contributed by atoms with Crippen LogP contribution in [0.1, 0.15) is 29.5 Å². The van der Waals surface area contributed by atoms with E-state index in [1.807, 2.05) is 0 Å². The molecule has 0 saturated carbocycles. The Morgan fingerprint density at radius 2 is 1.40 bits per heavy atom. The maximum atomic E-state index is 2.36. The minimum Gasteiger partial charge on any atom is -0.0622 e. The van der Waals surface area contributed by atoms with E-state index in [9.17, 15) is 0 Å². The molecule has 0 N–H and O–H groups in total. The Hall–Kier alpha value is -2.34. The maximum Gasteiger partial charge on any atom is 0.0305 e. The van der Waals surface area contributed by atoms with Gasteiger partial charge < -0.3 is 0 Å². The van der Waals surface area contributed by atoms with Gasteiger partial charge in [-0.3, -0.25) is 0 Å². The lowest BCUT2D eigenvalue weighted by molar-refractivity contribution is 0.979. The number of fused-ring (bicyclic) bond motifs is 2. The van der Waals surface area contributed by atoms with Crippen molar-refractivity contribution in [3.63, 3.8) is 0 Å². The Labute approximate surface area is 119 Å². The smallest absolute Gasteiger partial charge is 0.0305 e. The molecule has 0 aliphatic heterocycles. The van der Waals surface area contributed by atoms with Gasteiger partial charge in [-0.1, -0.05) is 66.2 Å². The lowest BCUT2D eigenvalue weighted by Crippen LogP contribution is -1.99. The molecule has 0 heterocycles. The van der Waals surface area contributed by atoms with Crippen LogP contribution in [-0.2, 0) is 0 Å². The number of hydrogen-bond acceptors (Lipinski definition) is 0. The van der Waals surface area contributed by atoms with Crippen molar-refractivity contribution in [1.29, 1.82) is 0 Å². The first-order valence-electron chi connectivity index (χ1n) is 7.09. The summed E-state index contributed by atoms with van der Waals surface area (Å²) in [4.78, 5) is 0. The van der Waals surface area contributed by atoms with Crippen LogP contribution in [0.15, 0.2) is 72.3 Å². The van der Waals surface area contributed by atoms with Gasteiger partial charge in [0.1, 0.15) is 0 Å². The fraction of sp³-hybridized carbons (Fsp3) is 0.100. The van der Waals surface area contributed by atoms with Crippen LogP contribution >= 0.6 is 0 Å². The summed E-state index contributed by atoms with van der Waals surface area (Å²) in [5.41, 5.74) is 5.62. The Kier molecular flexibility index (Phi) is 2.50. The van der Waals surface area contributed by atoms with Gasteiger partial charge in [0.25, 0.3) is 0 Å². The number of allylic oxidation sites excluding steroid dienone is 1. The third-order valence-electron chi connectivity index (χ3n) is 4.23. The van der Waals surface area contributed by atoms with Crippen LogP contribution in [0.4, 0.5) is 0 Å². The Morgan fingerprint density at radius 1 is 0.750 bits per heavy atom. The second kappa shape index (κ2) is 4.35. The zero-order chi connectivity index (χ0) is 13.5. The molecule has 1 atom stereocenters. The maximum absolute atomic E-state index is 2.36. The topological polar surface area (TPSA) is 0 Å². The van der Waals surface area contributed by atoms with Crippen LogP contribution in [0.2, 0.25) is 0 Å². The zero-order valence-corrected chi connectivity index (χ0v) is 11.5. The minimum absolute atomic E-state index is 0.413. The van der Waals surface area contributed by atoms with Gasteiger partial charge in [-0.05, 0) is 46.5 Å². The highest BCUT2D eigenvalue weighted by Gasteiger charge is 2.24. The molecular weight excluding hydrogens is 240 g/mol. The van der Waals surface area contributed by atoms with Crippen LogP contribution in [0.25, 0.3) is 16.8 Å². The van der Waals surface area contributed by atoms with Gasteiger partial charge in [0.15, 0.2) is 0 Å². The number of hydrogen-bond donors (Lipinski definition) is 0. The predicted octanol–water partition coefficient (Wildman–Crippen LogP) is 5.39. The first-order chi connectivity index (χ1) is 9.83. The zero-order valence-electron chi connectivity index (χ0n) is 11.5. The van der Waals surface area contributed by atoms with E-state index in [0.29, 0.717) is 5.92 Å². The summed E-state index contributed by atoms with van der Waals surface area (Å²) < 4.78 is 0. The summed E-state index contributed by atoms with van der Waals surface area (Å²) in [6.45, 7) is 2.24. The summed E-state index contributed by atoms with van der Waals surface area (Å²) in [6.07, 6.45) is 2.33. The lowest BCUT2D eigenvalue weighted by atomic mass is 9.88. The van der Waals surface area contributed by atoms with E-state index in [-0.39, 0.29) is 0 Å². The predicted molar refractivity (Wildman–Crippen MR) is 85.9 cm³/mol. The summed E-state index contributed by atoms with van der Waals surface area (Å²) in [6, 6.07) is 24.1. The van der Waals surface area contributed by atoms with E-state index >= 15 is 0 Å². The monoisotopic (exact) mass is 256 g/mol. The van der Waals surface area contributed by atoms with E-state index in [2.05, 4.69) is 79.7 Å². The normalized spacial score (nSPS) is 17.1. The van der Waals surface area contributed by atoms with E-state index in [4.69, 9.17) is 0 Å². The summed E-state index contributed by atoms with van der Waals surface area (Å²) in [7, 11) is 0. The van der Waals surface area contributed by atoms with Gasteiger partial charge in [0.2, 0.25) is 0 Å². The molecule has 1 aliphatic carbocycles. The van der Waals surface area contributed by atoms with Gasteiger partial charge in [0, 0.05) is 5.92 Å². The van der Waals surface area contributed by atoms with Crippen LogP contribution in [0, 0.1) is 0 Å². The molecule has 96 valence electrons. The van der Waals surface area contributed by atoms with Gasteiger partial charge >= 0.3 is 0 Å². The van der Waals surface area contributed by atoms with Gasteiger partial charge in [0.05, 0.1) is 0 Å². The molecule has 0 bridgehead atoms. The third kappa shape index (κ3) is 1.69. The summed E-state index contributed by atoms with van der Waals surface area (Å²) in [5, 5.41) is 2.65. The molecule has 3 aromatic carbocycles. The van der Waals surface area contributed by atoms with Crippen LogP contribution in [0.5, 0.6) is 0 Å². The average Bonchev–Trinajstić information content (AvgIpc) is 2.80. The van der Waals surface area contributed by atoms with Crippen molar-refractivity contribution in [2.45, 2.75) is 12.8 Å². The molecule has 0 saturated heterocycles. The van der Waals surface area contributed by atoms with Crippen molar-refractivity contribution in [3.8, 4) is 0 Å². The van der Waals surface area contributed by atoms with Crippen molar-refractivity contribution in [2.24, 2.45) is 0 Å². The highest BCUT2D eigenvalue weighted by atomic mass is 14.3. The summed E-state index contributed by atoms with van der Waals surface area (Å²) in [5.74, 6) is 0.413. The van der Waals surface area contributed by atoms with Crippen LogP contribution in [0.3, 0.4) is 0 Å². The van der Waals surface area contributed by atoms with Crippen LogP contribution in [-0.4, -0.2) is 0 Å². The van der Waals surface area contributed by atoms with Crippen molar-refractivity contribution < 1.29 is 0 Å². The van der Waals surface area contributed by atoms with E-state index < -0.39 is 0 Å². The Balaban J connectivity index is 1.95. The van der Waals surface area contributed by atoms with Gasteiger partial charge in [-0.15, -0.1) is 0 Å². The standard InChI is InChI=1S/C20H16/c1-14-11-18-12-16-9-5-6-10-17(16)13-19(18)20(14)15-7-3-2-4-8-15/h2-13,20H,1H3. The quantitative estimate of drug-likeness (QED) is 0.547. The highest BCUT2D eigenvalue weighted by molar-refractivity contribution is 5.88. The first kappa shape index (κ1) is 11.5. The molecule has 0 fully saturated rings. The van der Waals surface area contributed by atoms with Gasteiger partial charge in [-0.2, -0.15) is 0 Å². The summed E-state index contributed by atoms with van der Waals surface area (Å²) >= 11 is 0. The fourth-order valence-corrected chi connectivity index (χ4v) is 3.31. The van der Waals surface area contributed by atoms with Crippen molar-refractivity contribution >= 4 is 16.8 Å². The van der Waals surface area contributed by atoms with Crippen molar-refractivity contribution in [2.75, 3.05) is 0 Å². The Bertz CT molecular complexity index is 810. The molecule has 0 aromatic heterocycles. The second-order valence-electron chi connectivity index (χ2n) is 5.56. The molecule has 4 rings (SSSR count). The minimum atomic E-state index is 0.413. The second-order valence-corrected chi connectivity index (χ2v) is 5.56. The molecular formula is C20H16. The molecule has 0 amide bonds. The van der Waals surface area contributed by atoms with Crippen molar-refractivity contribution in [3.05, 3.63) is 89.0 Å². The van der Waals surface area contributed by atoms with E-state index in [0.717, 1.165) is 0 Å². The number of benzene rings is 3. The van der Waals surface area contributed by atoms with Gasteiger partial charge in [-0.25, -0.2) is 0 Å². The molecule has 0 nitrogen and oxygen atoms in total. The molecule has 1 unspecified atom stereocenters. The average molecular weight is 256 g/mol. The largest absolute Gasteiger partial charge is 0.0622 e. The lowest BCUT2D eigenvalue weighted by Gasteiger charge is -2.15.